The van der Waals surface area contributed by atoms with E-state index in [0.717, 1.165) is 16.7 Å². The maximum Gasteiger partial charge on any atom is 0.410 e. The summed E-state index contributed by atoms with van der Waals surface area (Å²) in [5.41, 5.74) is 2.05. The van der Waals surface area contributed by atoms with E-state index < -0.39 is 11.1 Å². The number of carbonyl (C=O) groups excluding carboxylic acids is 2. The van der Waals surface area contributed by atoms with Gasteiger partial charge < -0.3 is 20.3 Å². The second kappa shape index (κ2) is 8.89. The molecule has 0 saturated carbocycles. The highest BCUT2D eigenvalue weighted by atomic mass is 16.6. The van der Waals surface area contributed by atoms with Crippen molar-refractivity contribution < 1.29 is 14.3 Å². The highest BCUT2D eigenvalue weighted by Gasteiger charge is 2.29. The third-order valence-corrected chi connectivity index (χ3v) is 4.98. The topological polar surface area (TPSA) is 70.7 Å². The monoisotopic (exact) mass is 401 g/mol. The molecule has 6 heteroatoms. The first kappa shape index (κ1) is 22.8. The van der Waals surface area contributed by atoms with Crippen molar-refractivity contribution in [2.45, 2.75) is 71.6 Å². The minimum atomic E-state index is -0.521. The number of likely N-dealkylation sites (tertiary alicyclic amines) is 1. The number of nitrogens with zero attached hydrogens (tertiary/aromatic N) is 1. The normalized spacial score (nSPS) is 15.6. The molecule has 1 aliphatic heterocycles. The van der Waals surface area contributed by atoms with Crippen molar-refractivity contribution in [2.75, 3.05) is 13.1 Å². The fourth-order valence-corrected chi connectivity index (χ4v) is 3.28. The van der Waals surface area contributed by atoms with E-state index in [1.165, 1.54) is 0 Å². The fraction of sp³-hybridized carbons (Fsp3) is 0.565. The van der Waals surface area contributed by atoms with Gasteiger partial charge in [-0.2, -0.15) is 0 Å². The van der Waals surface area contributed by atoms with Gasteiger partial charge in [0, 0.05) is 19.1 Å². The number of piperidine rings is 1. The Balaban J connectivity index is 1.87. The molecule has 2 N–H and O–H groups in total. The Hall–Kier alpha value is -2.50. The number of urea groups is 1. The van der Waals surface area contributed by atoms with Gasteiger partial charge >= 0.3 is 12.1 Å². The van der Waals surface area contributed by atoms with Crippen LogP contribution in [0.2, 0.25) is 0 Å². The smallest absolute Gasteiger partial charge is 0.410 e. The van der Waals surface area contributed by atoms with Crippen molar-refractivity contribution in [3.8, 4) is 0 Å². The fourth-order valence-electron chi connectivity index (χ4n) is 3.28. The lowest BCUT2D eigenvalue weighted by Gasteiger charge is -2.34. The predicted octanol–water partition coefficient (Wildman–Crippen LogP) is 4.65. The summed E-state index contributed by atoms with van der Waals surface area (Å²) in [6, 6.07) is 7.89. The summed E-state index contributed by atoms with van der Waals surface area (Å²) in [6.45, 7) is 16.6. The number of benzene rings is 1. The van der Waals surface area contributed by atoms with Crippen LogP contribution in [0.5, 0.6) is 0 Å². The second-order valence-corrected chi connectivity index (χ2v) is 9.33. The van der Waals surface area contributed by atoms with Crippen molar-refractivity contribution in [3.63, 3.8) is 0 Å². The highest BCUT2D eigenvalue weighted by molar-refractivity contribution is 5.75. The molecule has 1 aromatic carbocycles. The van der Waals surface area contributed by atoms with Crippen molar-refractivity contribution in [2.24, 2.45) is 0 Å². The number of hydrogen-bond donors (Lipinski definition) is 2. The van der Waals surface area contributed by atoms with E-state index in [0.29, 0.717) is 25.9 Å². The molecule has 1 fully saturated rings. The van der Waals surface area contributed by atoms with E-state index in [-0.39, 0.29) is 18.2 Å². The molecule has 6 nitrogen and oxygen atoms in total. The standard InChI is InChI=1S/C23H35N3O3/c1-16(2)17-9-8-10-18(15-17)23(6,7)25-20(27)24-19-11-13-26(14-12-19)21(28)29-22(3,4)5/h8-10,15,19H,1,11-14H2,2-7H3,(H2,24,25,27). The van der Waals surface area contributed by atoms with E-state index in [4.69, 9.17) is 4.74 Å². The van der Waals surface area contributed by atoms with Gasteiger partial charge in [-0.15, -0.1) is 0 Å². The molecule has 160 valence electrons. The van der Waals surface area contributed by atoms with Gasteiger partial charge in [-0.1, -0.05) is 30.4 Å². The molecule has 1 saturated heterocycles. The average molecular weight is 402 g/mol. The van der Waals surface area contributed by atoms with Crippen LogP contribution in [0.4, 0.5) is 9.59 Å². The molecule has 2 rings (SSSR count). The Kier molecular flexibility index (Phi) is 6.98. The highest BCUT2D eigenvalue weighted by Crippen LogP contribution is 2.23. The first-order valence-electron chi connectivity index (χ1n) is 10.2. The largest absolute Gasteiger partial charge is 0.444 e. The van der Waals surface area contributed by atoms with Crippen molar-refractivity contribution in [1.29, 1.82) is 0 Å². The number of ether oxygens (including phenoxy) is 1. The number of hydrogen-bond acceptors (Lipinski definition) is 3. The maximum absolute atomic E-state index is 12.6. The van der Waals surface area contributed by atoms with E-state index in [1.807, 2.05) is 59.7 Å². The Morgan fingerprint density at radius 1 is 1.14 bits per heavy atom. The third-order valence-electron chi connectivity index (χ3n) is 4.98. The first-order chi connectivity index (χ1) is 13.4. The van der Waals surface area contributed by atoms with Crippen molar-refractivity contribution in [3.05, 3.63) is 42.0 Å². The zero-order valence-corrected chi connectivity index (χ0v) is 18.6. The Morgan fingerprint density at radius 3 is 2.31 bits per heavy atom. The molecule has 0 unspecified atom stereocenters. The Labute approximate surface area is 174 Å². The van der Waals surface area contributed by atoms with E-state index >= 15 is 0 Å². The van der Waals surface area contributed by atoms with Crippen molar-refractivity contribution in [1.82, 2.24) is 15.5 Å². The SMILES string of the molecule is C=C(C)c1cccc(C(C)(C)NC(=O)NC2CCN(C(=O)OC(C)(C)C)CC2)c1. The molecule has 0 spiro atoms. The van der Waals surface area contributed by atoms with Crippen LogP contribution in [-0.2, 0) is 10.3 Å². The van der Waals surface area contributed by atoms with Gasteiger partial charge in [0.05, 0.1) is 5.54 Å². The van der Waals surface area contributed by atoms with Gasteiger partial charge in [-0.05, 0) is 71.6 Å². The van der Waals surface area contributed by atoms with Gasteiger partial charge in [0.15, 0.2) is 0 Å². The summed E-state index contributed by atoms with van der Waals surface area (Å²) >= 11 is 0. The van der Waals surface area contributed by atoms with Crippen LogP contribution in [0, 0.1) is 0 Å². The lowest BCUT2D eigenvalue weighted by Crippen LogP contribution is -2.53. The van der Waals surface area contributed by atoms with Crippen LogP contribution in [0.25, 0.3) is 5.57 Å². The summed E-state index contributed by atoms with van der Waals surface area (Å²) < 4.78 is 5.42. The van der Waals surface area contributed by atoms with Crippen LogP contribution in [0.3, 0.4) is 0 Å². The molecule has 1 heterocycles. The van der Waals surface area contributed by atoms with Gasteiger partial charge in [0.2, 0.25) is 0 Å². The minimum Gasteiger partial charge on any atom is -0.444 e. The predicted molar refractivity (Wildman–Crippen MR) is 117 cm³/mol. The molecular weight excluding hydrogens is 366 g/mol. The Bertz CT molecular complexity index is 757. The minimum absolute atomic E-state index is 0.0336. The second-order valence-electron chi connectivity index (χ2n) is 9.33. The summed E-state index contributed by atoms with van der Waals surface area (Å²) in [4.78, 5) is 26.4. The number of allylic oxidation sites excluding steroid dienone is 1. The average Bonchev–Trinajstić information content (AvgIpc) is 2.60. The molecule has 0 aromatic heterocycles. The van der Waals surface area contributed by atoms with Crippen LogP contribution in [0.1, 0.15) is 65.5 Å². The molecule has 3 amide bonds. The van der Waals surface area contributed by atoms with E-state index in [1.54, 1.807) is 4.90 Å². The molecule has 0 bridgehead atoms. The Morgan fingerprint density at radius 2 is 1.76 bits per heavy atom. The number of carbonyl (C=O) groups is 2. The van der Waals surface area contributed by atoms with Crippen LogP contribution >= 0.6 is 0 Å². The first-order valence-corrected chi connectivity index (χ1v) is 10.2. The molecule has 0 aliphatic carbocycles. The molecule has 1 aromatic rings. The van der Waals surface area contributed by atoms with Gasteiger partial charge in [-0.25, -0.2) is 9.59 Å². The zero-order valence-electron chi connectivity index (χ0n) is 18.6. The zero-order chi connectivity index (χ0) is 21.8. The lowest BCUT2D eigenvalue weighted by atomic mass is 9.92. The summed E-state index contributed by atoms with van der Waals surface area (Å²) in [6.07, 6.45) is 1.12. The summed E-state index contributed by atoms with van der Waals surface area (Å²) in [7, 11) is 0. The van der Waals surface area contributed by atoms with Crippen LogP contribution < -0.4 is 10.6 Å². The van der Waals surface area contributed by atoms with E-state index in [9.17, 15) is 9.59 Å². The summed E-state index contributed by atoms with van der Waals surface area (Å²) in [5.74, 6) is 0. The summed E-state index contributed by atoms with van der Waals surface area (Å²) in [5, 5.41) is 6.11. The quantitative estimate of drug-likeness (QED) is 0.771. The number of rotatable bonds is 4. The lowest BCUT2D eigenvalue weighted by molar-refractivity contribution is 0.0201. The maximum atomic E-state index is 12.6. The molecule has 0 atom stereocenters. The van der Waals surface area contributed by atoms with Crippen LogP contribution in [-0.4, -0.2) is 41.8 Å². The third kappa shape index (κ3) is 6.80. The van der Waals surface area contributed by atoms with Gasteiger partial charge in [0.1, 0.15) is 5.60 Å². The van der Waals surface area contributed by atoms with Gasteiger partial charge in [-0.3, -0.25) is 0 Å². The number of nitrogens with one attached hydrogen (secondary N) is 2. The van der Waals surface area contributed by atoms with Crippen molar-refractivity contribution >= 4 is 17.7 Å². The van der Waals surface area contributed by atoms with E-state index in [2.05, 4.69) is 23.3 Å². The molecular formula is C23H35N3O3. The molecule has 0 radical (unpaired) electrons. The number of amides is 3. The van der Waals surface area contributed by atoms with Gasteiger partial charge in [0.25, 0.3) is 0 Å². The molecule has 1 aliphatic rings. The van der Waals surface area contributed by atoms with Crippen LogP contribution in [0.15, 0.2) is 30.8 Å². The molecule has 29 heavy (non-hydrogen) atoms.